The first-order valence-electron chi connectivity index (χ1n) is 8.16. The fraction of sp³-hybridized carbons (Fsp3) is 0.200. The number of para-hydroxylation sites is 1. The molecule has 128 valence electrons. The highest BCUT2D eigenvalue weighted by molar-refractivity contribution is 5.67. The number of aromatic nitrogens is 2. The summed E-state index contributed by atoms with van der Waals surface area (Å²) in [5, 5.41) is 0. The molecule has 0 spiro atoms. The number of nitrogens with zero attached hydrogens (tertiary/aromatic N) is 2. The number of anilines is 1. The minimum atomic E-state index is 0.595. The summed E-state index contributed by atoms with van der Waals surface area (Å²) in [5.74, 6) is 1.50. The summed E-state index contributed by atoms with van der Waals surface area (Å²) in [5.41, 5.74) is 10.5. The number of benzene rings is 2. The van der Waals surface area contributed by atoms with Gasteiger partial charge in [0, 0.05) is 17.7 Å². The first-order chi connectivity index (χ1) is 12.2. The van der Waals surface area contributed by atoms with E-state index in [2.05, 4.69) is 9.97 Å². The molecule has 1 heterocycles. The van der Waals surface area contributed by atoms with Crippen LogP contribution in [-0.2, 0) is 6.42 Å². The van der Waals surface area contributed by atoms with Crippen molar-refractivity contribution in [2.45, 2.75) is 13.3 Å². The van der Waals surface area contributed by atoms with E-state index in [1.807, 2.05) is 55.5 Å². The lowest BCUT2D eigenvalue weighted by molar-refractivity contribution is 0.342. The molecule has 0 atom stereocenters. The van der Waals surface area contributed by atoms with E-state index in [1.165, 1.54) is 0 Å². The van der Waals surface area contributed by atoms with E-state index in [4.69, 9.17) is 15.2 Å². The van der Waals surface area contributed by atoms with Crippen LogP contribution in [0.3, 0.4) is 0 Å². The fourth-order valence-electron chi connectivity index (χ4n) is 2.70. The summed E-state index contributed by atoms with van der Waals surface area (Å²) in [6.45, 7) is 2.53. The SMILES string of the molecule is CCOc1ccc(Cc2cc(-c3ccccc3OC)ncn2)cc1N. The van der Waals surface area contributed by atoms with Crippen LogP contribution in [0.25, 0.3) is 11.3 Å². The van der Waals surface area contributed by atoms with E-state index in [1.54, 1.807) is 13.4 Å². The van der Waals surface area contributed by atoms with E-state index in [0.717, 1.165) is 28.3 Å². The molecule has 0 saturated heterocycles. The molecule has 0 bridgehead atoms. The van der Waals surface area contributed by atoms with Crippen molar-refractivity contribution >= 4 is 5.69 Å². The van der Waals surface area contributed by atoms with Crippen molar-refractivity contribution in [3.8, 4) is 22.8 Å². The molecular weight excluding hydrogens is 314 g/mol. The summed E-state index contributed by atoms with van der Waals surface area (Å²) in [4.78, 5) is 8.76. The Labute approximate surface area is 147 Å². The molecule has 3 aromatic rings. The van der Waals surface area contributed by atoms with E-state index in [9.17, 15) is 0 Å². The minimum Gasteiger partial charge on any atom is -0.496 e. The Hall–Kier alpha value is -3.08. The highest BCUT2D eigenvalue weighted by Crippen LogP contribution is 2.29. The van der Waals surface area contributed by atoms with Crippen LogP contribution in [0.1, 0.15) is 18.2 Å². The lowest BCUT2D eigenvalue weighted by atomic mass is 10.1. The second-order valence-electron chi connectivity index (χ2n) is 5.58. The first-order valence-corrected chi connectivity index (χ1v) is 8.16. The maximum absolute atomic E-state index is 6.05. The minimum absolute atomic E-state index is 0.595. The Morgan fingerprint density at radius 1 is 1.00 bits per heavy atom. The normalized spacial score (nSPS) is 10.5. The van der Waals surface area contributed by atoms with Gasteiger partial charge < -0.3 is 15.2 Å². The second kappa shape index (κ2) is 7.66. The second-order valence-corrected chi connectivity index (χ2v) is 5.58. The highest BCUT2D eigenvalue weighted by Gasteiger charge is 2.09. The highest BCUT2D eigenvalue weighted by atomic mass is 16.5. The zero-order valence-electron chi connectivity index (χ0n) is 14.4. The Kier molecular flexibility index (Phi) is 5.14. The molecule has 5 nitrogen and oxygen atoms in total. The molecule has 5 heteroatoms. The van der Waals surface area contributed by atoms with Crippen LogP contribution < -0.4 is 15.2 Å². The molecule has 0 aliphatic heterocycles. The summed E-state index contributed by atoms with van der Waals surface area (Å²) in [7, 11) is 1.66. The predicted octanol–water partition coefficient (Wildman–Crippen LogP) is 3.72. The molecule has 0 unspecified atom stereocenters. The third kappa shape index (κ3) is 3.88. The van der Waals surface area contributed by atoms with Gasteiger partial charge in [0.2, 0.25) is 0 Å². The lowest BCUT2D eigenvalue weighted by Crippen LogP contribution is -2.00. The largest absolute Gasteiger partial charge is 0.496 e. The van der Waals surface area contributed by atoms with E-state index in [0.29, 0.717) is 24.5 Å². The van der Waals surface area contributed by atoms with Gasteiger partial charge in [-0.05, 0) is 42.8 Å². The molecule has 0 amide bonds. The van der Waals surface area contributed by atoms with Gasteiger partial charge in [-0.3, -0.25) is 0 Å². The summed E-state index contributed by atoms with van der Waals surface area (Å²) < 4.78 is 10.9. The van der Waals surface area contributed by atoms with Gasteiger partial charge >= 0.3 is 0 Å². The molecule has 3 rings (SSSR count). The number of nitrogens with two attached hydrogens (primary N) is 1. The van der Waals surface area contributed by atoms with Crippen LogP contribution in [0.15, 0.2) is 54.9 Å². The molecule has 0 aliphatic carbocycles. The number of ether oxygens (including phenoxy) is 2. The van der Waals surface area contributed by atoms with Gasteiger partial charge in [0.25, 0.3) is 0 Å². The Balaban J connectivity index is 1.86. The number of rotatable bonds is 6. The van der Waals surface area contributed by atoms with Gasteiger partial charge in [-0.15, -0.1) is 0 Å². The number of nitrogen functional groups attached to an aromatic ring is 1. The number of hydrogen-bond donors (Lipinski definition) is 1. The van der Waals surface area contributed by atoms with Crippen molar-refractivity contribution in [3.05, 3.63) is 66.1 Å². The molecule has 1 aromatic heterocycles. The number of hydrogen-bond acceptors (Lipinski definition) is 5. The van der Waals surface area contributed by atoms with Crippen molar-refractivity contribution in [1.29, 1.82) is 0 Å². The quantitative estimate of drug-likeness (QED) is 0.695. The summed E-state index contributed by atoms with van der Waals surface area (Å²) >= 11 is 0. The lowest BCUT2D eigenvalue weighted by Gasteiger charge is -2.10. The topological polar surface area (TPSA) is 70.3 Å². The van der Waals surface area contributed by atoms with Gasteiger partial charge in [0.1, 0.15) is 17.8 Å². The van der Waals surface area contributed by atoms with Crippen molar-refractivity contribution in [2.24, 2.45) is 0 Å². The fourth-order valence-corrected chi connectivity index (χ4v) is 2.70. The Morgan fingerprint density at radius 3 is 2.60 bits per heavy atom. The van der Waals surface area contributed by atoms with E-state index in [-0.39, 0.29) is 0 Å². The van der Waals surface area contributed by atoms with Gasteiger partial charge in [-0.1, -0.05) is 18.2 Å². The van der Waals surface area contributed by atoms with Crippen LogP contribution in [0, 0.1) is 0 Å². The van der Waals surface area contributed by atoms with Crippen molar-refractivity contribution in [1.82, 2.24) is 9.97 Å². The van der Waals surface area contributed by atoms with Crippen molar-refractivity contribution in [3.63, 3.8) is 0 Å². The van der Waals surface area contributed by atoms with Gasteiger partial charge in [0.15, 0.2) is 0 Å². The van der Waals surface area contributed by atoms with Crippen LogP contribution in [-0.4, -0.2) is 23.7 Å². The third-order valence-corrected chi connectivity index (χ3v) is 3.87. The molecule has 25 heavy (non-hydrogen) atoms. The molecule has 0 radical (unpaired) electrons. The van der Waals surface area contributed by atoms with Crippen LogP contribution in [0.5, 0.6) is 11.5 Å². The van der Waals surface area contributed by atoms with Gasteiger partial charge in [-0.25, -0.2) is 9.97 Å². The predicted molar refractivity (Wildman–Crippen MR) is 98.8 cm³/mol. The molecular formula is C20H21N3O2. The number of methoxy groups -OCH3 is 1. The van der Waals surface area contributed by atoms with Crippen LogP contribution >= 0.6 is 0 Å². The first kappa shape index (κ1) is 16.8. The molecule has 0 fully saturated rings. The van der Waals surface area contributed by atoms with Crippen molar-refractivity contribution in [2.75, 3.05) is 19.5 Å². The zero-order valence-corrected chi connectivity index (χ0v) is 14.4. The molecule has 2 aromatic carbocycles. The van der Waals surface area contributed by atoms with Gasteiger partial charge in [-0.2, -0.15) is 0 Å². The van der Waals surface area contributed by atoms with Crippen LogP contribution in [0.2, 0.25) is 0 Å². The summed E-state index contributed by atoms with van der Waals surface area (Å²) in [6, 6.07) is 15.6. The maximum atomic E-state index is 6.05. The summed E-state index contributed by atoms with van der Waals surface area (Å²) in [6.07, 6.45) is 2.25. The molecule has 0 saturated carbocycles. The maximum Gasteiger partial charge on any atom is 0.142 e. The monoisotopic (exact) mass is 335 g/mol. The molecule has 0 aliphatic rings. The third-order valence-electron chi connectivity index (χ3n) is 3.87. The smallest absolute Gasteiger partial charge is 0.142 e. The van der Waals surface area contributed by atoms with Gasteiger partial charge in [0.05, 0.1) is 25.1 Å². The Bertz CT molecular complexity index is 865. The Morgan fingerprint density at radius 2 is 1.84 bits per heavy atom. The average molecular weight is 335 g/mol. The molecule has 2 N–H and O–H groups in total. The average Bonchev–Trinajstić information content (AvgIpc) is 2.64. The van der Waals surface area contributed by atoms with E-state index < -0.39 is 0 Å². The van der Waals surface area contributed by atoms with Crippen LogP contribution in [0.4, 0.5) is 5.69 Å². The van der Waals surface area contributed by atoms with E-state index >= 15 is 0 Å². The zero-order chi connectivity index (χ0) is 17.6. The van der Waals surface area contributed by atoms with Crippen molar-refractivity contribution < 1.29 is 9.47 Å². The standard InChI is InChI=1S/C20H21N3O2/c1-3-25-20-9-8-14(11-17(20)21)10-15-12-18(23-13-22-15)16-6-4-5-7-19(16)24-2/h4-9,11-13H,3,10,21H2,1-2H3.